The van der Waals surface area contributed by atoms with E-state index in [9.17, 15) is 13.2 Å². The Kier molecular flexibility index (Phi) is 6.04. The summed E-state index contributed by atoms with van der Waals surface area (Å²) in [6.07, 6.45) is 1.79. The van der Waals surface area contributed by atoms with Crippen molar-refractivity contribution in [2.75, 3.05) is 13.1 Å². The summed E-state index contributed by atoms with van der Waals surface area (Å²) >= 11 is 0. The predicted molar refractivity (Wildman–Crippen MR) is 95.4 cm³/mol. The molecule has 1 aliphatic rings. The van der Waals surface area contributed by atoms with E-state index in [1.54, 1.807) is 16.4 Å². The molecule has 0 aromatic heterocycles. The molecule has 0 radical (unpaired) electrons. The molecule has 1 fully saturated rings. The maximum Gasteiger partial charge on any atom is 0.251 e. The minimum Gasteiger partial charge on any atom is -0.349 e. The van der Waals surface area contributed by atoms with Gasteiger partial charge < -0.3 is 5.32 Å². The molecule has 1 heterocycles. The van der Waals surface area contributed by atoms with Crippen molar-refractivity contribution in [2.45, 2.75) is 51.5 Å². The van der Waals surface area contributed by atoms with Crippen molar-refractivity contribution in [3.63, 3.8) is 0 Å². The Bertz CT molecular complexity index is 660. The highest BCUT2D eigenvalue weighted by Crippen LogP contribution is 2.23. The number of sulfonamides is 1. The first-order valence-electron chi connectivity index (χ1n) is 8.63. The van der Waals surface area contributed by atoms with Crippen LogP contribution in [0.4, 0.5) is 0 Å². The number of hydrogen-bond donors (Lipinski definition) is 1. The molecule has 0 saturated carbocycles. The Hall–Kier alpha value is -1.40. The van der Waals surface area contributed by atoms with Gasteiger partial charge in [-0.2, -0.15) is 4.31 Å². The third kappa shape index (κ3) is 4.36. The highest BCUT2D eigenvalue weighted by molar-refractivity contribution is 7.89. The van der Waals surface area contributed by atoms with Gasteiger partial charge in [0.1, 0.15) is 0 Å². The molecule has 1 aliphatic heterocycles. The van der Waals surface area contributed by atoms with Crippen LogP contribution in [0.2, 0.25) is 0 Å². The number of carbonyl (C=O) groups is 1. The molecule has 134 valence electrons. The molecule has 5 nitrogen and oxygen atoms in total. The molecule has 1 saturated heterocycles. The molecule has 1 aromatic rings. The smallest absolute Gasteiger partial charge is 0.251 e. The molecule has 0 unspecified atom stereocenters. The standard InChI is InChI=1S/C18H28N2O3S/c1-13(2)15(4)19-18(21)16-5-7-17(8-6-16)24(22,23)20-11-9-14(3)10-12-20/h5-8,13-15H,9-12H2,1-4H3,(H,19,21)/t15-/m0/s1. The summed E-state index contributed by atoms with van der Waals surface area (Å²) in [6, 6.07) is 6.30. The van der Waals surface area contributed by atoms with Crippen LogP contribution in [0.5, 0.6) is 0 Å². The second-order valence-corrected chi connectivity index (χ2v) is 9.06. The van der Waals surface area contributed by atoms with Gasteiger partial charge in [-0.3, -0.25) is 4.79 Å². The summed E-state index contributed by atoms with van der Waals surface area (Å²) in [7, 11) is -3.46. The van der Waals surface area contributed by atoms with Gasteiger partial charge in [0.15, 0.2) is 0 Å². The van der Waals surface area contributed by atoms with Gasteiger partial charge in [0.25, 0.3) is 5.91 Å². The van der Waals surface area contributed by atoms with E-state index >= 15 is 0 Å². The lowest BCUT2D eigenvalue weighted by atomic mass is 10.0. The molecular weight excluding hydrogens is 324 g/mol. The van der Waals surface area contributed by atoms with Gasteiger partial charge in [0, 0.05) is 24.7 Å². The monoisotopic (exact) mass is 352 g/mol. The molecule has 24 heavy (non-hydrogen) atoms. The third-order valence-corrected chi connectivity index (χ3v) is 6.77. The molecular formula is C18H28N2O3S. The van der Waals surface area contributed by atoms with E-state index < -0.39 is 10.0 Å². The number of rotatable bonds is 5. The van der Waals surface area contributed by atoms with Crippen LogP contribution in [-0.2, 0) is 10.0 Å². The zero-order chi connectivity index (χ0) is 17.9. The number of nitrogens with zero attached hydrogens (tertiary/aromatic N) is 1. The first kappa shape index (κ1) is 18.9. The number of nitrogens with one attached hydrogen (secondary N) is 1. The Morgan fingerprint density at radius 2 is 1.67 bits per heavy atom. The van der Waals surface area contributed by atoms with E-state index in [1.807, 2.05) is 20.8 Å². The number of benzene rings is 1. The minimum absolute atomic E-state index is 0.0660. The Morgan fingerprint density at radius 3 is 2.17 bits per heavy atom. The van der Waals surface area contributed by atoms with E-state index in [4.69, 9.17) is 0 Å². The van der Waals surface area contributed by atoms with Crippen molar-refractivity contribution in [1.82, 2.24) is 9.62 Å². The van der Waals surface area contributed by atoms with Gasteiger partial charge in [-0.05, 0) is 55.9 Å². The van der Waals surface area contributed by atoms with Gasteiger partial charge in [-0.25, -0.2) is 8.42 Å². The third-order valence-electron chi connectivity index (χ3n) is 4.86. The van der Waals surface area contributed by atoms with E-state index in [-0.39, 0.29) is 16.8 Å². The highest BCUT2D eigenvalue weighted by Gasteiger charge is 2.28. The van der Waals surface area contributed by atoms with Crippen molar-refractivity contribution in [2.24, 2.45) is 11.8 Å². The van der Waals surface area contributed by atoms with Crippen LogP contribution in [0, 0.1) is 11.8 Å². The van der Waals surface area contributed by atoms with Gasteiger partial charge in [0.2, 0.25) is 10.0 Å². The van der Waals surface area contributed by atoms with Crippen molar-refractivity contribution in [1.29, 1.82) is 0 Å². The van der Waals surface area contributed by atoms with Crippen LogP contribution in [-0.4, -0.2) is 37.8 Å². The minimum atomic E-state index is -3.46. The molecule has 1 atom stereocenters. The summed E-state index contributed by atoms with van der Waals surface area (Å²) < 4.78 is 26.9. The lowest BCUT2D eigenvalue weighted by Crippen LogP contribution is -2.38. The van der Waals surface area contributed by atoms with Crippen molar-refractivity contribution in [3.8, 4) is 0 Å². The van der Waals surface area contributed by atoms with Gasteiger partial charge in [0.05, 0.1) is 4.90 Å². The average molecular weight is 353 g/mol. The van der Waals surface area contributed by atoms with Crippen molar-refractivity contribution < 1.29 is 13.2 Å². The normalized spacial score (nSPS) is 18.5. The molecule has 6 heteroatoms. The summed E-state index contributed by atoms with van der Waals surface area (Å²) in [6.45, 7) is 9.32. The number of hydrogen-bond acceptors (Lipinski definition) is 3. The quantitative estimate of drug-likeness (QED) is 0.886. The topological polar surface area (TPSA) is 66.5 Å². The second-order valence-electron chi connectivity index (χ2n) is 7.12. The predicted octanol–water partition coefficient (Wildman–Crippen LogP) is 2.88. The lowest BCUT2D eigenvalue weighted by molar-refractivity contribution is 0.0930. The maximum atomic E-state index is 12.7. The zero-order valence-corrected chi connectivity index (χ0v) is 15.8. The first-order chi connectivity index (χ1) is 11.2. The van der Waals surface area contributed by atoms with Crippen LogP contribution in [0.1, 0.15) is 50.9 Å². The molecule has 0 aliphatic carbocycles. The van der Waals surface area contributed by atoms with Crippen LogP contribution in [0.15, 0.2) is 29.2 Å². The molecule has 1 amide bonds. The van der Waals surface area contributed by atoms with Gasteiger partial charge in [-0.1, -0.05) is 20.8 Å². The van der Waals surface area contributed by atoms with Gasteiger partial charge in [-0.15, -0.1) is 0 Å². The second kappa shape index (κ2) is 7.66. The van der Waals surface area contributed by atoms with E-state index in [0.717, 1.165) is 12.8 Å². The fourth-order valence-electron chi connectivity index (χ4n) is 2.61. The van der Waals surface area contributed by atoms with E-state index in [2.05, 4.69) is 12.2 Å². The zero-order valence-electron chi connectivity index (χ0n) is 15.0. The summed E-state index contributed by atoms with van der Waals surface area (Å²) in [5.74, 6) is 0.743. The van der Waals surface area contributed by atoms with Crippen molar-refractivity contribution in [3.05, 3.63) is 29.8 Å². The fourth-order valence-corrected chi connectivity index (χ4v) is 4.08. The van der Waals surface area contributed by atoms with Crippen LogP contribution in [0.3, 0.4) is 0 Å². The first-order valence-corrected chi connectivity index (χ1v) is 10.1. The number of amides is 1. The summed E-state index contributed by atoms with van der Waals surface area (Å²) in [4.78, 5) is 12.4. The fraction of sp³-hybridized carbons (Fsp3) is 0.611. The highest BCUT2D eigenvalue weighted by atomic mass is 32.2. The van der Waals surface area contributed by atoms with E-state index in [0.29, 0.717) is 30.5 Å². The Balaban J connectivity index is 2.09. The average Bonchev–Trinajstić information content (AvgIpc) is 2.55. The van der Waals surface area contributed by atoms with Gasteiger partial charge >= 0.3 is 0 Å². The number of piperidine rings is 1. The summed E-state index contributed by atoms with van der Waals surface area (Å²) in [5.41, 5.74) is 0.480. The largest absolute Gasteiger partial charge is 0.349 e. The van der Waals surface area contributed by atoms with Crippen LogP contribution < -0.4 is 5.32 Å². The summed E-state index contributed by atoms with van der Waals surface area (Å²) in [5, 5.41) is 2.92. The molecule has 2 rings (SSSR count). The molecule has 1 aromatic carbocycles. The lowest BCUT2D eigenvalue weighted by Gasteiger charge is -2.29. The van der Waals surface area contributed by atoms with Crippen LogP contribution in [0.25, 0.3) is 0 Å². The Morgan fingerprint density at radius 1 is 1.12 bits per heavy atom. The molecule has 1 N–H and O–H groups in total. The molecule has 0 bridgehead atoms. The number of carbonyl (C=O) groups excluding carboxylic acids is 1. The maximum absolute atomic E-state index is 12.7. The SMILES string of the molecule is CC1CCN(S(=O)(=O)c2ccc(C(=O)N[C@@H](C)C(C)C)cc2)CC1. The Labute approximate surface area is 145 Å². The van der Waals surface area contributed by atoms with Crippen molar-refractivity contribution >= 4 is 15.9 Å². The van der Waals surface area contributed by atoms with E-state index in [1.165, 1.54) is 12.1 Å². The molecule has 0 spiro atoms. The van der Waals surface area contributed by atoms with Crippen LogP contribution >= 0.6 is 0 Å².